The topological polar surface area (TPSA) is 88.5 Å². The third kappa shape index (κ3) is 3.22. The van der Waals surface area contributed by atoms with Crippen LogP contribution in [0.25, 0.3) is 27.8 Å². The van der Waals surface area contributed by atoms with Crippen LogP contribution < -0.4 is 10.9 Å². The van der Waals surface area contributed by atoms with Gasteiger partial charge in [-0.25, -0.2) is 19.3 Å². The van der Waals surface area contributed by atoms with Crippen molar-refractivity contribution in [2.45, 2.75) is 19.4 Å². The Morgan fingerprint density at radius 3 is 2.74 bits per heavy atom. The lowest BCUT2D eigenvalue weighted by Crippen LogP contribution is -2.28. The summed E-state index contributed by atoms with van der Waals surface area (Å²) in [4.78, 5) is 29.7. The summed E-state index contributed by atoms with van der Waals surface area (Å²) in [5.41, 5.74) is 2.67. The van der Waals surface area contributed by atoms with E-state index in [1.165, 1.54) is 10.6 Å². The zero-order valence-corrected chi connectivity index (χ0v) is 16.7. The van der Waals surface area contributed by atoms with Gasteiger partial charge in [0.15, 0.2) is 5.65 Å². The molecular weight excluding hydrogens is 395 g/mol. The maximum Gasteiger partial charge on any atom is 0.269 e. The van der Waals surface area contributed by atoms with Crippen LogP contribution in [-0.2, 0) is 0 Å². The Morgan fingerprint density at radius 1 is 1.10 bits per heavy atom. The number of H-pyrrole nitrogens is 1. The fourth-order valence-corrected chi connectivity index (χ4v) is 3.77. The number of anilines is 1. The summed E-state index contributed by atoms with van der Waals surface area (Å²) in [5.74, 6) is -0.0816. The van der Waals surface area contributed by atoms with Crippen LogP contribution in [0.4, 0.5) is 10.1 Å². The third-order valence-electron chi connectivity index (χ3n) is 5.26. The summed E-state index contributed by atoms with van der Waals surface area (Å²) in [7, 11) is 0. The summed E-state index contributed by atoms with van der Waals surface area (Å²) in [6.07, 6.45) is 3.89. The molecule has 7 nitrogen and oxygen atoms in total. The van der Waals surface area contributed by atoms with E-state index < -0.39 is 11.4 Å². The van der Waals surface area contributed by atoms with Crippen LogP contribution in [0, 0.1) is 5.82 Å². The quantitative estimate of drug-likeness (QED) is 0.446. The van der Waals surface area contributed by atoms with Gasteiger partial charge in [-0.15, -0.1) is 0 Å². The molecule has 0 radical (unpaired) electrons. The summed E-state index contributed by atoms with van der Waals surface area (Å²) in [6.45, 7) is 2.00. The second-order valence-electron chi connectivity index (χ2n) is 7.14. The van der Waals surface area contributed by atoms with Gasteiger partial charge in [-0.3, -0.25) is 9.36 Å². The predicted octanol–water partition coefficient (Wildman–Crippen LogP) is 4.36. The Labute approximate surface area is 176 Å². The average Bonchev–Trinajstić information content (AvgIpc) is 3.27. The number of para-hydroxylation sites is 1. The molecular formula is C23H19FN6O. The van der Waals surface area contributed by atoms with Crippen molar-refractivity contribution < 1.29 is 4.39 Å². The largest absolute Gasteiger partial charge is 0.373 e. The normalized spacial score (nSPS) is 12.3. The van der Waals surface area contributed by atoms with Crippen LogP contribution in [0.2, 0.25) is 0 Å². The number of nitrogens with zero attached hydrogens (tertiary/aromatic N) is 4. The maximum atomic E-state index is 14.6. The first kappa shape index (κ1) is 18.9. The monoisotopic (exact) mass is 414 g/mol. The minimum absolute atomic E-state index is 0.0233. The fraction of sp³-hybridized carbons (Fsp3) is 0.130. The second-order valence-corrected chi connectivity index (χ2v) is 7.14. The molecule has 8 heteroatoms. The highest BCUT2D eigenvalue weighted by Gasteiger charge is 2.22. The van der Waals surface area contributed by atoms with Crippen LogP contribution in [0.3, 0.4) is 0 Å². The summed E-state index contributed by atoms with van der Waals surface area (Å²) in [5, 5.41) is 3.44. The first-order valence-corrected chi connectivity index (χ1v) is 9.98. The molecule has 3 heterocycles. The second kappa shape index (κ2) is 7.64. The molecule has 0 aliphatic carbocycles. The summed E-state index contributed by atoms with van der Waals surface area (Å²) < 4.78 is 16.0. The molecule has 5 rings (SSSR count). The lowest BCUT2D eigenvalue weighted by atomic mass is 10.1. The molecule has 0 saturated heterocycles. The van der Waals surface area contributed by atoms with Crippen molar-refractivity contribution >= 4 is 27.8 Å². The molecule has 2 N–H and O–H groups in total. The van der Waals surface area contributed by atoms with Crippen LogP contribution >= 0.6 is 0 Å². The lowest BCUT2D eigenvalue weighted by Gasteiger charge is -2.22. The molecule has 1 unspecified atom stereocenters. The maximum absolute atomic E-state index is 14.6. The van der Waals surface area contributed by atoms with Gasteiger partial charge in [0.05, 0.1) is 29.3 Å². The Balaban J connectivity index is 1.74. The number of nitrogens with one attached hydrogen (secondary N) is 2. The van der Waals surface area contributed by atoms with Crippen LogP contribution in [0.1, 0.15) is 25.2 Å². The van der Waals surface area contributed by atoms with Crippen LogP contribution in [0.15, 0.2) is 71.9 Å². The van der Waals surface area contributed by atoms with E-state index in [9.17, 15) is 9.18 Å². The van der Waals surface area contributed by atoms with Crippen LogP contribution in [-0.4, -0.2) is 24.5 Å². The van der Waals surface area contributed by atoms with Gasteiger partial charge in [0.25, 0.3) is 5.56 Å². The highest BCUT2D eigenvalue weighted by atomic mass is 19.1. The molecule has 3 aromatic heterocycles. The Morgan fingerprint density at radius 2 is 1.94 bits per heavy atom. The van der Waals surface area contributed by atoms with Crippen LogP contribution in [0.5, 0.6) is 0 Å². The number of aromatic amines is 1. The van der Waals surface area contributed by atoms with E-state index in [1.807, 2.05) is 43.3 Å². The minimum Gasteiger partial charge on any atom is -0.373 e. The van der Waals surface area contributed by atoms with Crippen molar-refractivity contribution in [3.63, 3.8) is 0 Å². The summed E-state index contributed by atoms with van der Waals surface area (Å²) in [6, 6.07) is 15.2. The Kier molecular flexibility index (Phi) is 4.66. The number of halogens is 1. The lowest BCUT2D eigenvalue weighted by molar-refractivity contribution is 0.630. The number of benzene rings is 2. The summed E-state index contributed by atoms with van der Waals surface area (Å²) >= 11 is 0. The van der Waals surface area contributed by atoms with E-state index in [-0.39, 0.29) is 11.4 Å². The highest BCUT2D eigenvalue weighted by molar-refractivity contribution is 5.85. The Hall–Kier alpha value is -4.07. The van der Waals surface area contributed by atoms with Gasteiger partial charge in [0.2, 0.25) is 0 Å². The number of hydrogen-bond donors (Lipinski definition) is 2. The van der Waals surface area contributed by atoms with E-state index in [0.29, 0.717) is 29.1 Å². The van der Waals surface area contributed by atoms with E-state index in [4.69, 9.17) is 4.98 Å². The van der Waals surface area contributed by atoms with E-state index in [2.05, 4.69) is 20.3 Å². The molecule has 1 atom stereocenters. The van der Waals surface area contributed by atoms with Crippen molar-refractivity contribution in [2.24, 2.45) is 0 Å². The number of fused-ring (bicyclic) bond motifs is 2. The zero-order valence-electron chi connectivity index (χ0n) is 16.7. The number of hydrogen-bond acceptors (Lipinski definition) is 5. The van der Waals surface area contributed by atoms with Crippen molar-refractivity contribution in [2.75, 3.05) is 5.32 Å². The van der Waals surface area contributed by atoms with Crippen molar-refractivity contribution in [3.05, 3.63) is 89.1 Å². The highest BCUT2D eigenvalue weighted by Crippen LogP contribution is 2.27. The number of imidazole rings is 1. The van der Waals surface area contributed by atoms with Gasteiger partial charge in [-0.05, 0) is 36.8 Å². The first-order chi connectivity index (χ1) is 15.2. The molecule has 154 valence electrons. The van der Waals surface area contributed by atoms with Gasteiger partial charge in [-0.1, -0.05) is 31.2 Å². The average molecular weight is 414 g/mol. The van der Waals surface area contributed by atoms with Gasteiger partial charge >= 0.3 is 0 Å². The van der Waals surface area contributed by atoms with E-state index >= 15 is 0 Å². The van der Waals surface area contributed by atoms with Gasteiger partial charge in [0.1, 0.15) is 22.5 Å². The van der Waals surface area contributed by atoms with Crippen molar-refractivity contribution in [1.82, 2.24) is 24.5 Å². The molecule has 0 bridgehead atoms. The molecule has 0 aliphatic rings. The minimum atomic E-state index is -0.583. The SMILES string of the molecule is CCC(Nc1ccnc2nc[nH]c12)c1nc2cccc(F)c2c(=O)n1-c1ccccc1. The standard InChI is InChI=1S/C23H19FN6O/c1-2-16(28-18-11-12-25-21-20(18)26-13-27-21)22-29-17-10-6-9-15(24)19(17)23(31)30(22)14-7-4-3-5-8-14/h3-13,16H,2H2,1H3,(H2,25,26,27,28). The number of pyridine rings is 1. The predicted molar refractivity (Wildman–Crippen MR) is 118 cm³/mol. The smallest absolute Gasteiger partial charge is 0.269 e. The van der Waals surface area contributed by atoms with Gasteiger partial charge < -0.3 is 10.3 Å². The molecule has 2 aromatic carbocycles. The molecule has 5 aromatic rings. The van der Waals surface area contributed by atoms with Crippen molar-refractivity contribution in [1.29, 1.82) is 0 Å². The van der Waals surface area contributed by atoms with E-state index in [0.717, 1.165) is 11.2 Å². The number of rotatable bonds is 5. The first-order valence-electron chi connectivity index (χ1n) is 9.98. The fourth-order valence-electron chi connectivity index (χ4n) is 3.77. The van der Waals surface area contributed by atoms with Gasteiger partial charge in [0, 0.05) is 6.20 Å². The van der Waals surface area contributed by atoms with Gasteiger partial charge in [-0.2, -0.15) is 0 Å². The molecule has 0 aliphatic heterocycles. The zero-order chi connectivity index (χ0) is 21.4. The molecule has 0 fully saturated rings. The molecule has 0 amide bonds. The van der Waals surface area contributed by atoms with E-state index in [1.54, 1.807) is 24.7 Å². The van der Waals surface area contributed by atoms with Crippen molar-refractivity contribution in [3.8, 4) is 5.69 Å². The molecule has 0 spiro atoms. The molecule has 31 heavy (non-hydrogen) atoms. The third-order valence-corrected chi connectivity index (χ3v) is 5.26. The molecule has 0 saturated carbocycles. The Bertz CT molecular complexity index is 1440. The number of aromatic nitrogens is 5.